The summed E-state index contributed by atoms with van der Waals surface area (Å²) in [6.07, 6.45) is 6.65. The Labute approximate surface area is 79.0 Å². The van der Waals surface area contributed by atoms with Crippen LogP contribution in [-0.2, 0) is 4.79 Å². The molecule has 0 spiro atoms. The molecule has 0 aromatic heterocycles. The van der Waals surface area contributed by atoms with Gasteiger partial charge in [0, 0.05) is 5.57 Å². The van der Waals surface area contributed by atoms with Gasteiger partial charge in [0.05, 0.1) is 6.04 Å². The van der Waals surface area contributed by atoms with Crippen molar-refractivity contribution in [3.8, 4) is 0 Å². The fourth-order valence-corrected chi connectivity index (χ4v) is 1.41. The number of hydrogen-bond donors (Lipinski definition) is 1. The maximum atomic E-state index is 11.3. The van der Waals surface area contributed by atoms with Crippen molar-refractivity contribution >= 4 is 5.91 Å². The van der Waals surface area contributed by atoms with Crippen molar-refractivity contribution in [3.05, 3.63) is 36.0 Å². The Morgan fingerprint density at radius 1 is 1.62 bits per heavy atom. The Bertz CT molecular complexity index is 286. The van der Waals surface area contributed by atoms with Gasteiger partial charge in [0.2, 0.25) is 0 Å². The lowest BCUT2D eigenvalue weighted by molar-refractivity contribution is -0.116. The molecule has 0 fully saturated rings. The number of carbonyl (C=O) groups excluding carboxylic acids is 1. The molecule has 1 aliphatic heterocycles. The summed E-state index contributed by atoms with van der Waals surface area (Å²) in [4.78, 5) is 11.3. The van der Waals surface area contributed by atoms with Gasteiger partial charge in [-0.2, -0.15) is 0 Å². The second kappa shape index (κ2) is 4.08. The van der Waals surface area contributed by atoms with E-state index in [2.05, 4.69) is 24.9 Å². The van der Waals surface area contributed by atoms with E-state index in [1.165, 1.54) is 0 Å². The van der Waals surface area contributed by atoms with Gasteiger partial charge in [-0.1, -0.05) is 31.7 Å². The van der Waals surface area contributed by atoms with Gasteiger partial charge in [-0.25, -0.2) is 0 Å². The van der Waals surface area contributed by atoms with Gasteiger partial charge in [-0.3, -0.25) is 4.79 Å². The molecule has 1 unspecified atom stereocenters. The third kappa shape index (κ3) is 1.89. The molecule has 2 heteroatoms. The quantitative estimate of drug-likeness (QED) is 0.701. The Morgan fingerprint density at radius 3 is 2.85 bits per heavy atom. The van der Waals surface area contributed by atoms with Crippen LogP contribution in [0.3, 0.4) is 0 Å². The molecule has 1 amide bonds. The lowest BCUT2D eigenvalue weighted by Crippen LogP contribution is -2.25. The second-order valence-electron chi connectivity index (χ2n) is 3.08. The molecule has 1 N–H and O–H groups in total. The number of allylic oxidation sites excluding steroid dienone is 1. The van der Waals surface area contributed by atoms with Crippen molar-refractivity contribution in [1.82, 2.24) is 5.32 Å². The summed E-state index contributed by atoms with van der Waals surface area (Å²) < 4.78 is 0. The van der Waals surface area contributed by atoms with Gasteiger partial charge in [0.25, 0.3) is 5.91 Å². The molecule has 0 bridgehead atoms. The van der Waals surface area contributed by atoms with Crippen LogP contribution < -0.4 is 5.32 Å². The molecular formula is C11H15NO. The molecular weight excluding hydrogens is 162 g/mol. The highest BCUT2D eigenvalue weighted by atomic mass is 16.2. The van der Waals surface area contributed by atoms with Gasteiger partial charge in [0.15, 0.2) is 0 Å². The van der Waals surface area contributed by atoms with Crippen molar-refractivity contribution in [3.63, 3.8) is 0 Å². The fraction of sp³-hybridized carbons (Fsp3) is 0.364. The summed E-state index contributed by atoms with van der Waals surface area (Å²) >= 11 is 0. The second-order valence-corrected chi connectivity index (χ2v) is 3.08. The highest BCUT2D eigenvalue weighted by Crippen LogP contribution is 2.19. The summed E-state index contributed by atoms with van der Waals surface area (Å²) in [6, 6.07) is 0.114. The molecule has 0 saturated heterocycles. The average Bonchev–Trinajstić information content (AvgIpc) is 2.37. The van der Waals surface area contributed by atoms with Crippen LogP contribution in [-0.4, -0.2) is 11.9 Å². The van der Waals surface area contributed by atoms with Gasteiger partial charge in [-0.15, -0.1) is 0 Å². The standard InChI is InChI=1S/C11H15NO/c1-4-6-7-10-8(3)12-11(13)9(10)5-2/h5-8H,2,4H2,1,3H3,(H,12,13)/b7-6-. The first kappa shape index (κ1) is 9.78. The topological polar surface area (TPSA) is 29.1 Å². The van der Waals surface area contributed by atoms with Crippen LogP contribution in [0.1, 0.15) is 20.3 Å². The Balaban J connectivity index is 2.98. The van der Waals surface area contributed by atoms with Crippen molar-refractivity contribution < 1.29 is 4.79 Å². The minimum Gasteiger partial charge on any atom is -0.345 e. The zero-order chi connectivity index (χ0) is 9.84. The van der Waals surface area contributed by atoms with Crippen LogP contribution in [0, 0.1) is 0 Å². The maximum absolute atomic E-state index is 11.3. The number of amides is 1. The average molecular weight is 177 g/mol. The first-order valence-corrected chi connectivity index (χ1v) is 4.54. The van der Waals surface area contributed by atoms with E-state index in [0.29, 0.717) is 5.57 Å². The minimum absolute atomic E-state index is 0.0155. The molecule has 70 valence electrons. The van der Waals surface area contributed by atoms with Crippen molar-refractivity contribution in [1.29, 1.82) is 0 Å². The largest absolute Gasteiger partial charge is 0.345 e. The minimum atomic E-state index is -0.0155. The van der Waals surface area contributed by atoms with Gasteiger partial charge < -0.3 is 5.32 Å². The van der Waals surface area contributed by atoms with E-state index < -0.39 is 0 Å². The smallest absolute Gasteiger partial charge is 0.252 e. The van der Waals surface area contributed by atoms with Crippen LogP contribution in [0.2, 0.25) is 0 Å². The summed E-state index contributed by atoms with van der Waals surface area (Å²) in [5, 5.41) is 2.84. The van der Waals surface area contributed by atoms with E-state index in [0.717, 1.165) is 12.0 Å². The zero-order valence-electron chi connectivity index (χ0n) is 8.13. The van der Waals surface area contributed by atoms with E-state index in [1.807, 2.05) is 13.0 Å². The van der Waals surface area contributed by atoms with Gasteiger partial charge in [0.1, 0.15) is 0 Å². The fourth-order valence-electron chi connectivity index (χ4n) is 1.41. The maximum Gasteiger partial charge on any atom is 0.252 e. The highest BCUT2D eigenvalue weighted by molar-refractivity contribution is 6.00. The third-order valence-electron chi connectivity index (χ3n) is 2.11. The van der Waals surface area contributed by atoms with Crippen LogP contribution in [0.4, 0.5) is 0 Å². The van der Waals surface area contributed by atoms with E-state index in [1.54, 1.807) is 6.08 Å². The number of rotatable bonds is 3. The molecule has 0 aromatic rings. The van der Waals surface area contributed by atoms with E-state index in [9.17, 15) is 4.79 Å². The van der Waals surface area contributed by atoms with Gasteiger partial charge >= 0.3 is 0 Å². The van der Waals surface area contributed by atoms with Crippen molar-refractivity contribution in [2.45, 2.75) is 26.3 Å². The first-order chi connectivity index (χ1) is 6.20. The van der Waals surface area contributed by atoms with Crippen LogP contribution >= 0.6 is 0 Å². The van der Waals surface area contributed by atoms with Crippen LogP contribution in [0.25, 0.3) is 0 Å². The predicted octanol–water partition coefficient (Wildman–Crippen LogP) is 1.95. The molecule has 13 heavy (non-hydrogen) atoms. The number of nitrogens with one attached hydrogen (secondary N) is 1. The normalized spacial score (nSPS) is 22.6. The third-order valence-corrected chi connectivity index (χ3v) is 2.11. The predicted molar refractivity (Wildman–Crippen MR) is 54.3 cm³/mol. The monoisotopic (exact) mass is 177 g/mol. The molecule has 2 nitrogen and oxygen atoms in total. The summed E-state index contributed by atoms with van der Waals surface area (Å²) in [6.45, 7) is 7.68. The molecule has 1 atom stereocenters. The van der Waals surface area contributed by atoms with Crippen molar-refractivity contribution in [2.75, 3.05) is 0 Å². The van der Waals surface area contributed by atoms with Crippen LogP contribution in [0.5, 0.6) is 0 Å². The molecule has 1 rings (SSSR count). The lowest BCUT2D eigenvalue weighted by atomic mass is 10.1. The summed E-state index contributed by atoms with van der Waals surface area (Å²) in [5.74, 6) is -0.0155. The number of hydrogen-bond acceptors (Lipinski definition) is 1. The van der Waals surface area contributed by atoms with Gasteiger partial charge in [-0.05, 0) is 18.9 Å². The zero-order valence-corrected chi connectivity index (χ0v) is 8.13. The molecule has 0 saturated carbocycles. The lowest BCUT2D eigenvalue weighted by Gasteiger charge is -2.03. The summed E-state index contributed by atoms with van der Waals surface area (Å²) in [5.41, 5.74) is 1.75. The Kier molecular flexibility index (Phi) is 3.07. The molecule has 1 aliphatic rings. The first-order valence-electron chi connectivity index (χ1n) is 4.54. The van der Waals surface area contributed by atoms with E-state index >= 15 is 0 Å². The summed E-state index contributed by atoms with van der Waals surface area (Å²) in [7, 11) is 0. The molecule has 0 radical (unpaired) electrons. The van der Waals surface area contributed by atoms with Crippen LogP contribution in [0.15, 0.2) is 36.0 Å². The SMILES string of the molecule is C=CC1=C(/C=C\CC)C(C)NC1=O. The van der Waals surface area contributed by atoms with E-state index in [-0.39, 0.29) is 11.9 Å². The number of carbonyl (C=O) groups is 1. The molecule has 1 heterocycles. The van der Waals surface area contributed by atoms with Crippen molar-refractivity contribution in [2.24, 2.45) is 0 Å². The molecule has 0 aliphatic carbocycles. The Hall–Kier alpha value is -1.31. The highest BCUT2D eigenvalue weighted by Gasteiger charge is 2.24. The Morgan fingerprint density at radius 2 is 2.31 bits per heavy atom. The van der Waals surface area contributed by atoms with E-state index in [4.69, 9.17) is 0 Å². The molecule has 0 aromatic carbocycles.